The van der Waals surface area contributed by atoms with Crippen LogP contribution >= 0.6 is 15.9 Å². The molecule has 0 saturated heterocycles. The van der Waals surface area contributed by atoms with Gasteiger partial charge in [-0.3, -0.25) is 0 Å². The molecule has 0 heterocycles. The maximum absolute atomic E-state index is 13.5. The van der Waals surface area contributed by atoms with Gasteiger partial charge in [0.05, 0.1) is 0 Å². The second-order valence-electron chi connectivity index (χ2n) is 4.26. The van der Waals surface area contributed by atoms with E-state index in [1.165, 1.54) is 6.07 Å². The van der Waals surface area contributed by atoms with E-state index in [1.807, 2.05) is 24.3 Å². The predicted octanol–water partition coefficient (Wildman–Crippen LogP) is 3.74. The first-order chi connectivity index (χ1) is 9.19. The standard InChI is InChI=1S/C15H15BrFNO/c16-13-3-6-15(17)12(9-13)10-18-14-4-1-11(2-5-14)7-8-19/h1-6,9,18-19H,7-8,10H2. The Balaban J connectivity index is 2.00. The second-order valence-corrected chi connectivity index (χ2v) is 5.18. The van der Waals surface area contributed by atoms with Crippen molar-refractivity contribution < 1.29 is 9.50 Å². The third kappa shape index (κ3) is 4.04. The van der Waals surface area contributed by atoms with Crippen LogP contribution in [0.5, 0.6) is 0 Å². The Labute approximate surface area is 120 Å². The first-order valence-corrected chi connectivity index (χ1v) is 6.86. The summed E-state index contributed by atoms with van der Waals surface area (Å²) in [5.41, 5.74) is 2.64. The van der Waals surface area contributed by atoms with Gasteiger partial charge in [0.1, 0.15) is 5.82 Å². The van der Waals surface area contributed by atoms with Crippen LogP contribution in [0.15, 0.2) is 46.9 Å². The lowest BCUT2D eigenvalue weighted by molar-refractivity contribution is 0.299. The molecule has 0 unspecified atom stereocenters. The average Bonchev–Trinajstić information content (AvgIpc) is 2.42. The lowest BCUT2D eigenvalue weighted by Crippen LogP contribution is -2.02. The topological polar surface area (TPSA) is 32.3 Å². The van der Waals surface area contributed by atoms with E-state index in [2.05, 4.69) is 21.2 Å². The third-order valence-corrected chi connectivity index (χ3v) is 3.34. The van der Waals surface area contributed by atoms with Crippen molar-refractivity contribution in [2.75, 3.05) is 11.9 Å². The largest absolute Gasteiger partial charge is 0.396 e. The monoisotopic (exact) mass is 323 g/mol. The number of benzene rings is 2. The molecule has 19 heavy (non-hydrogen) atoms. The van der Waals surface area contributed by atoms with E-state index in [9.17, 15) is 4.39 Å². The van der Waals surface area contributed by atoms with E-state index < -0.39 is 0 Å². The first-order valence-electron chi connectivity index (χ1n) is 6.06. The van der Waals surface area contributed by atoms with Crippen molar-refractivity contribution in [3.8, 4) is 0 Å². The van der Waals surface area contributed by atoms with Crippen molar-refractivity contribution in [2.45, 2.75) is 13.0 Å². The summed E-state index contributed by atoms with van der Waals surface area (Å²) < 4.78 is 14.4. The van der Waals surface area contributed by atoms with Gasteiger partial charge in [-0.2, -0.15) is 0 Å². The van der Waals surface area contributed by atoms with Crippen molar-refractivity contribution in [2.24, 2.45) is 0 Å². The summed E-state index contributed by atoms with van der Waals surface area (Å²) in [5, 5.41) is 12.0. The minimum atomic E-state index is -0.215. The first kappa shape index (κ1) is 14.0. The molecule has 0 bridgehead atoms. The zero-order valence-corrected chi connectivity index (χ0v) is 12.0. The van der Waals surface area contributed by atoms with Gasteiger partial charge in [-0.15, -0.1) is 0 Å². The Morgan fingerprint density at radius 2 is 1.84 bits per heavy atom. The van der Waals surface area contributed by atoms with Crippen LogP contribution in [-0.2, 0) is 13.0 Å². The highest BCUT2D eigenvalue weighted by Crippen LogP contribution is 2.17. The lowest BCUT2D eigenvalue weighted by Gasteiger charge is -2.08. The fraction of sp³-hybridized carbons (Fsp3) is 0.200. The minimum absolute atomic E-state index is 0.149. The van der Waals surface area contributed by atoms with Gasteiger partial charge in [-0.25, -0.2) is 4.39 Å². The maximum Gasteiger partial charge on any atom is 0.128 e. The molecule has 0 aliphatic heterocycles. The molecule has 0 aromatic heterocycles. The molecule has 0 aliphatic carbocycles. The Morgan fingerprint density at radius 3 is 2.53 bits per heavy atom. The van der Waals surface area contributed by atoms with Gasteiger partial charge in [0.15, 0.2) is 0 Å². The SMILES string of the molecule is OCCc1ccc(NCc2cc(Br)ccc2F)cc1. The Hall–Kier alpha value is -1.39. The van der Waals surface area contributed by atoms with Crippen LogP contribution in [-0.4, -0.2) is 11.7 Å². The second kappa shape index (κ2) is 6.68. The zero-order valence-electron chi connectivity index (χ0n) is 10.4. The quantitative estimate of drug-likeness (QED) is 0.878. The molecule has 2 nitrogen and oxygen atoms in total. The molecule has 0 fully saturated rings. The van der Waals surface area contributed by atoms with E-state index in [0.29, 0.717) is 18.5 Å². The molecule has 0 aliphatic rings. The number of nitrogens with one attached hydrogen (secondary N) is 1. The summed E-state index contributed by atoms with van der Waals surface area (Å²) in [6, 6.07) is 12.7. The van der Waals surface area contributed by atoms with E-state index in [4.69, 9.17) is 5.11 Å². The van der Waals surface area contributed by atoms with E-state index >= 15 is 0 Å². The van der Waals surface area contributed by atoms with Crippen LogP contribution in [0, 0.1) is 5.82 Å². The van der Waals surface area contributed by atoms with Crippen LogP contribution in [0.2, 0.25) is 0 Å². The van der Waals surface area contributed by atoms with E-state index in [0.717, 1.165) is 15.7 Å². The summed E-state index contributed by atoms with van der Waals surface area (Å²) in [6.07, 6.45) is 0.653. The normalized spacial score (nSPS) is 10.5. The zero-order chi connectivity index (χ0) is 13.7. The van der Waals surface area contributed by atoms with Crippen LogP contribution in [0.4, 0.5) is 10.1 Å². The minimum Gasteiger partial charge on any atom is -0.396 e. The average molecular weight is 324 g/mol. The molecule has 0 radical (unpaired) electrons. The predicted molar refractivity (Wildman–Crippen MR) is 78.7 cm³/mol. The molecule has 0 atom stereocenters. The van der Waals surface area contributed by atoms with Crippen LogP contribution < -0.4 is 5.32 Å². The molecule has 4 heteroatoms. The number of halogens is 2. The number of aliphatic hydroxyl groups is 1. The Bertz CT molecular complexity index is 542. The molecule has 100 valence electrons. The van der Waals surface area contributed by atoms with E-state index in [1.54, 1.807) is 12.1 Å². The van der Waals surface area contributed by atoms with Crippen LogP contribution in [0.25, 0.3) is 0 Å². The fourth-order valence-electron chi connectivity index (χ4n) is 1.79. The molecule has 2 aromatic rings. The molecular formula is C15H15BrFNO. The molecular weight excluding hydrogens is 309 g/mol. The highest BCUT2D eigenvalue weighted by molar-refractivity contribution is 9.10. The lowest BCUT2D eigenvalue weighted by atomic mass is 10.1. The van der Waals surface area contributed by atoms with E-state index in [-0.39, 0.29) is 12.4 Å². The summed E-state index contributed by atoms with van der Waals surface area (Å²) >= 11 is 3.33. The van der Waals surface area contributed by atoms with Crippen molar-refractivity contribution in [1.29, 1.82) is 0 Å². The summed E-state index contributed by atoms with van der Waals surface area (Å²) in [5.74, 6) is -0.215. The molecule has 2 rings (SSSR count). The van der Waals surface area contributed by atoms with Crippen molar-refractivity contribution in [3.05, 3.63) is 63.9 Å². The molecule has 0 spiro atoms. The third-order valence-electron chi connectivity index (χ3n) is 2.85. The smallest absolute Gasteiger partial charge is 0.128 e. The Morgan fingerprint density at radius 1 is 1.11 bits per heavy atom. The summed E-state index contributed by atoms with van der Waals surface area (Å²) in [6.45, 7) is 0.584. The fourth-order valence-corrected chi connectivity index (χ4v) is 2.20. The van der Waals surface area contributed by atoms with Crippen molar-refractivity contribution in [3.63, 3.8) is 0 Å². The summed E-state index contributed by atoms with van der Waals surface area (Å²) in [7, 11) is 0. The number of anilines is 1. The van der Waals surface area contributed by atoms with Gasteiger partial charge >= 0.3 is 0 Å². The van der Waals surface area contributed by atoms with Gasteiger partial charge < -0.3 is 10.4 Å². The highest BCUT2D eigenvalue weighted by Gasteiger charge is 2.02. The summed E-state index contributed by atoms with van der Waals surface area (Å²) in [4.78, 5) is 0. The molecule has 0 amide bonds. The maximum atomic E-state index is 13.5. The van der Waals surface area contributed by atoms with Gasteiger partial charge in [-0.05, 0) is 42.3 Å². The van der Waals surface area contributed by atoms with Gasteiger partial charge in [0, 0.05) is 28.9 Å². The molecule has 0 saturated carbocycles. The number of hydrogen-bond acceptors (Lipinski definition) is 2. The van der Waals surface area contributed by atoms with Gasteiger partial charge in [0.25, 0.3) is 0 Å². The number of rotatable bonds is 5. The van der Waals surface area contributed by atoms with Crippen molar-refractivity contribution >= 4 is 21.6 Å². The molecule has 2 aromatic carbocycles. The Kier molecular flexibility index (Phi) is 4.93. The van der Waals surface area contributed by atoms with Crippen molar-refractivity contribution in [1.82, 2.24) is 0 Å². The highest BCUT2D eigenvalue weighted by atomic mass is 79.9. The van der Waals surface area contributed by atoms with Crippen LogP contribution in [0.3, 0.4) is 0 Å². The van der Waals surface area contributed by atoms with Crippen LogP contribution in [0.1, 0.15) is 11.1 Å². The van der Waals surface area contributed by atoms with Gasteiger partial charge in [0.2, 0.25) is 0 Å². The number of hydrogen-bond donors (Lipinski definition) is 2. The van der Waals surface area contributed by atoms with Gasteiger partial charge in [-0.1, -0.05) is 28.1 Å². The number of aliphatic hydroxyl groups excluding tert-OH is 1. The molecule has 2 N–H and O–H groups in total.